The molecule has 0 atom stereocenters. The van der Waals surface area contributed by atoms with Gasteiger partial charge in [0.25, 0.3) is 0 Å². The van der Waals surface area contributed by atoms with Gasteiger partial charge in [0.15, 0.2) is 23.3 Å². The van der Waals surface area contributed by atoms with Gasteiger partial charge in [-0.25, -0.2) is 13.8 Å². The summed E-state index contributed by atoms with van der Waals surface area (Å²) < 4.78 is 27.5. The summed E-state index contributed by atoms with van der Waals surface area (Å²) in [5.41, 5.74) is 0.469. The molecule has 0 unspecified atom stereocenters. The third-order valence-corrected chi connectivity index (χ3v) is 5.19. The largest absolute Gasteiger partial charge is 0.371 e. The van der Waals surface area contributed by atoms with Crippen LogP contribution in [0.3, 0.4) is 0 Å². The second-order valence-electron chi connectivity index (χ2n) is 6.42. The van der Waals surface area contributed by atoms with Crippen LogP contribution in [0, 0.1) is 17.0 Å². The minimum atomic E-state index is -0.639. The number of halogens is 2. The number of piperidine rings is 1. The van der Waals surface area contributed by atoms with Crippen molar-refractivity contribution in [2.24, 2.45) is 5.41 Å². The van der Waals surface area contributed by atoms with Crippen LogP contribution < -0.4 is 10.2 Å². The highest BCUT2D eigenvalue weighted by Crippen LogP contribution is 2.45. The summed E-state index contributed by atoms with van der Waals surface area (Å²) in [5, 5.41) is 2.68. The van der Waals surface area contributed by atoms with Gasteiger partial charge in [-0.15, -0.1) is 0 Å². The predicted octanol–water partition coefficient (Wildman–Crippen LogP) is 3.95. The molecule has 1 saturated carbocycles. The van der Waals surface area contributed by atoms with E-state index in [4.69, 9.17) is 0 Å². The lowest BCUT2D eigenvalue weighted by Crippen LogP contribution is -2.41. The zero-order valence-corrected chi connectivity index (χ0v) is 12.6. The Bertz CT molecular complexity index is 502. The topological polar surface area (TPSA) is 28.2 Å². The monoisotopic (exact) mass is 295 g/mol. The Kier molecular flexibility index (Phi) is 4.00. The normalized spacial score (nSPS) is 21.6. The Morgan fingerprint density at radius 1 is 1.05 bits per heavy atom. The fourth-order valence-corrected chi connectivity index (χ4v) is 3.85. The van der Waals surface area contributed by atoms with Crippen molar-refractivity contribution in [3.05, 3.63) is 17.7 Å². The van der Waals surface area contributed by atoms with Gasteiger partial charge in [-0.3, -0.25) is 0 Å². The van der Waals surface area contributed by atoms with Crippen LogP contribution in [0.5, 0.6) is 0 Å². The first-order valence-corrected chi connectivity index (χ1v) is 7.92. The second-order valence-corrected chi connectivity index (χ2v) is 6.42. The molecular weight excluding hydrogens is 272 g/mol. The van der Waals surface area contributed by atoms with Crippen LogP contribution in [0.4, 0.5) is 20.4 Å². The summed E-state index contributed by atoms with van der Waals surface area (Å²) in [6, 6.07) is 0.930. The summed E-state index contributed by atoms with van der Waals surface area (Å²) in [5.74, 6) is -0.804. The smallest absolute Gasteiger partial charge is 0.168 e. The van der Waals surface area contributed by atoms with Crippen molar-refractivity contribution < 1.29 is 8.78 Å². The van der Waals surface area contributed by atoms with Crippen LogP contribution in [0.15, 0.2) is 6.07 Å². The van der Waals surface area contributed by atoms with E-state index in [1.807, 2.05) is 4.90 Å². The van der Waals surface area contributed by atoms with E-state index in [0.717, 1.165) is 32.0 Å². The highest BCUT2D eigenvalue weighted by molar-refractivity contribution is 5.49. The van der Waals surface area contributed by atoms with Gasteiger partial charge >= 0.3 is 0 Å². The predicted molar refractivity (Wildman–Crippen MR) is 80.7 cm³/mol. The Morgan fingerprint density at radius 2 is 1.71 bits per heavy atom. The molecular formula is C16H23F2N3. The van der Waals surface area contributed by atoms with Gasteiger partial charge in [0, 0.05) is 26.2 Å². The van der Waals surface area contributed by atoms with Gasteiger partial charge < -0.3 is 10.2 Å². The van der Waals surface area contributed by atoms with Gasteiger partial charge in [0.2, 0.25) is 0 Å². The molecule has 1 aliphatic heterocycles. The van der Waals surface area contributed by atoms with Crippen molar-refractivity contribution >= 4 is 11.6 Å². The van der Waals surface area contributed by atoms with Crippen molar-refractivity contribution in [1.29, 1.82) is 0 Å². The van der Waals surface area contributed by atoms with Crippen molar-refractivity contribution in [2.75, 3.05) is 30.4 Å². The number of hydrogen-bond acceptors (Lipinski definition) is 3. The van der Waals surface area contributed by atoms with Crippen LogP contribution in [0.25, 0.3) is 0 Å². The SMILES string of the molecule is CNc1nc(N2CCC3(CCCCC3)CC2)c(F)cc1F. The van der Waals surface area contributed by atoms with Crippen LogP contribution in [0.2, 0.25) is 0 Å². The third-order valence-electron chi connectivity index (χ3n) is 5.19. The van der Waals surface area contributed by atoms with Crippen LogP contribution in [-0.2, 0) is 0 Å². The molecule has 1 saturated heterocycles. The number of hydrogen-bond donors (Lipinski definition) is 1. The van der Waals surface area contributed by atoms with Crippen molar-refractivity contribution in [3.8, 4) is 0 Å². The van der Waals surface area contributed by atoms with Gasteiger partial charge in [0.05, 0.1) is 0 Å². The lowest BCUT2D eigenvalue weighted by Gasteiger charge is -2.44. The number of aromatic nitrogens is 1. The quantitative estimate of drug-likeness (QED) is 0.895. The fourth-order valence-electron chi connectivity index (χ4n) is 3.85. The molecule has 3 rings (SSSR count). The molecule has 0 bridgehead atoms. The van der Waals surface area contributed by atoms with E-state index < -0.39 is 11.6 Å². The molecule has 116 valence electrons. The maximum atomic E-state index is 14.0. The lowest BCUT2D eigenvalue weighted by atomic mass is 9.68. The fraction of sp³-hybridized carbons (Fsp3) is 0.688. The van der Waals surface area contributed by atoms with Gasteiger partial charge in [-0.2, -0.15) is 0 Å². The molecule has 5 heteroatoms. The van der Waals surface area contributed by atoms with Crippen molar-refractivity contribution in [1.82, 2.24) is 4.98 Å². The van der Waals surface area contributed by atoms with Crippen LogP contribution >= 0.6 is 0 Å². The van der Waals surface area contributed by atoms with Crippen LogP contribution in [0.1, 0.15) is 44.9 Å². The van der Waals surface area contributed by atoms with E-state index in [1.54, 1.807) is 7.05 Å². The van der Waals surface area contributed by atoms with Gasteiger partial charge in [-0.1, -0.05) is 19.3 Å². The first kappa shape index (κ1) is 14.5. The number of anilines is 2. The van der Waals surface area contributed by atoms with Crippen molar-refractivity contribution in [2.45, 2.75) is 44.9 Å². The molecule has 1 N–H and O–H groups in total. The van der Waals surface area contributed by atoms with E-state index in [0.29, 0.717) is 5.41 Å². The van der Waals surface area contributed by atoms with Crippen LogP contribution in [-0.4, -0.2) is 25.1 Å². The summed E-state index contributed by atoms with van der Waals surface area (Å²) in [6.07, 6.45) is 8.82. The van der Waals surface area contributed by atoms with E-state index in [2.05, 4.69) is 10.3 Å². The average molecular weight is 295 g/mol. The third kappa shape index (κ3) is 2.83. The molecule has 2 aliphatic rings. The standard InChI is InChI=1S/C16H23F2N3/c1-19-14-12(17)11-13(18)15(20-14)21-9-7-16(8-10-21)5-3-2-4-6-16/h11H,2-10H2,1H3,(H,19,20). The minimum Gasteiger partial charge on any atom is -0.371 e. The Labute approximate surface area is 124 Å². The maximum absolute atomic E-state index is 14.0. The molecule has 1 spiro atoms. The molecule has 1 aliphatic carbocycles. The number of nitrogens with one attached hydrogen (secondary N) is 1. The Hall–Kier alpha value is -1.39. The zero-order chi connectivity index (χ0) is 14.9. The number of nitrogens with zero attached hydrogens (tertiary/aromatic N) is 2. The van der Waals surface area contributed by atoms with E-state index >= 15 is 0 Å². The molecule has 21 heavy (non-hydrogen) atoms. The van der Waals surface area contributed by atoms with Crippen molar-refractivity contribution in [3.63, 3.8) is 0 Å². The highest BCUT2D eigenvalue weighted by atomic mass is 19.1. The van der Waals surface area contributed by atoms with E-state index in [1.165, 1.54) is 32.1 Å². The molecule has 3 nitrogen and oxygen atoms in total. The van der Waals surface area contributed by atoms with Gasteiger partial charge in [0.1, 0.15) is 0 Å². The second kappa shape index (κ2) is 5.78. The first-order valence-electron chi connectivity index (χ1n) is 7.92. The Morgan fingerprint density at radius 3 is 2.33 bits per heavy atom. The summed E-state index contributed by atoms with van der Waals surface area (Å²) >= 11 is 0. The first-order chi connectivity index (χ1) is 10.1. The molecule has 0 amide bonds. The summed E-state index contributed by atoms with van der Waals surface area (Å²) in [7, 11) is 1.60. The number of rotatable bonds is 2. The molecule has 1 aromatic rings. The molecule has 0 radical (unpaired) electrons. The maximum Gasteiger partial charge on any atom is 0.168 e. The molecule has 1 aromatic heterocycles. The number of pyridine rings is 1. The van der Waals surface area contributed by atoms with E-state index in [-0.39, 0.29) is 11.6 Å². The average Bonchev–Trinajstić information content (AvgIpc) is 2.50. The Balaban J connectivity index is 1.74. The van der Waals surface area contributed by atoms with E-state index in [9.17, 15) is 8.78 Å². The molecule has 0 aromatic carbocycles. The molecule has 2 fully saturated rings. The van der Waals surface area contributed by atoms with Gasteiger partial charge in [-0.05, 0) is 31.1 Å². The highest BCUT2D eigenvalue weighted by Gasteiger charge is 2.36. The zero-order valence-electron chi connectivity index (χ0n) is 12.6. The molecule has 2 heterocycles. The summed E-state index contributed by atoms with van der Waals surface area (Å²) in [4.78, 5) is 6.08. The summed E-state index contributed by atoms with van der Waals surface area (Å²) in [6.45, 7) is 1.64. The lowest BCUT2D eigenvalue weighted by molar-refractivity contribution is 0.144. The minimum absolute atomic E-state index is 0.115.